The first-order chi connectivity index (χ1) is 7.50. The van der Waals surface area contributed by atoms with Gasteiger partial charge in [-0.15, -0.1) is 0 Å². The van der Waals surface area contributed by atoms with Gasteiger partial charge in [-0.2, -0.15) is 0 Å². The lowest BCUT2D eigenvalue weighted by molar-refractivity contribution is -0.138. The zero-order chi connectivity index (χ0) is 11.9. The van der Waals surface area contributed by atoms with Crippen LogP contribution in [0.5, 0.6) is 0 Å². The van der Waals surface area contributed by atoms with Crippen LogP contribution in [0.3, 0.4) is 0 Å². The van der Waals surface area contributed by atoms with Crippen molar-refractivity contribution in [3.8, 4) is 0 Å². The lowest BCUT2D eigenvalue weighted by atomic mass is 9.96. The molecule has 3 heteroatoms. The van der Waals surface area contributed by atoms with Gasteiger partial charge in [0.2, 0.25) is 0 Å². The average Bonchev–Trinajstić information content (AvgIpc) is 2.96. The van der Waals surface area contributed by atoms with Gasteiger partial charge in [0.05, 0.1) is 5.92 Å². The first-order valence-electron chi connectivity index (χ1n) is 5.56. The second kappa shape index (κ2) is 3.91. The Morgan fingerprint density at radius 2 is 2.19 bits per heavy atom. The standard InChI is InChI=1S/C13H17NO2/c1-7-3-4-9(8(2)5-7)12(14)10-6-11(10)13(15)16/h3-5,10-12H,6,14H2,1-2H3,(H,15,16). The number of benzene rings is 1. The van der Waals surface area contributed by atoms with Crippen molar-refractivity contribution in [3.05, 3.63) is 34.9 Å². The minimum atomic E-state index is -0.717. The molecule has 1 aromatic rings. The van der Waals surface area contributed by atoms with Crippen LogP contribution in [0.15, 0.2) is 18.2 Å². The van der Waals surface area contributed by atoms with Gasteiger partial charge in [0.15, 0.2) is 0 Å². The molecule has 0 aliphatic heterocycles. The Bertz CT molecular complexity index is 428. The molecule has 0 heterocycles. The van der Waals surface area contributed by atoms with Crippen LogP contribution < -0.4 is 5.73 Å². The number of hydrogen-bond acceptors (Lipinski definition) is 2. The van der Waals surface area contributed by atoms with Crippen molar-refractivity contribution in [2.24, 2.45) is 17.6 Å². The van der Waals surface area contributed by atoms with Crippen molar-refractivity contribution in [3.63, 3.8) is 0 Å². The summed E-state index contributed by atoms with van der Waals surface area (Å²) in [5.41, 5.74) is 9.56. The first kappa shape index (κ1) is 11.1. The van der Waals surface area contributed by atoms with Crippen LogP contribution in [0.1, 0.15) is 29.2 Å². The Labute approximate surface area is 95.3 Å². The maximum Gasteiger partial charge on any atom is 0.306 e. The molecular weight excluding hydrogens is 202 g/mol. The summed E-state index contributed by atoms with van der Waals surface area (Å²) in [6.07, 6.45) is 0.712. The maximum absolute atomic E-state index is 10.8. The Morgan fingerprint density at radius 1 is 1.50 bits per heavy atom. The van der Waals surface area contributed by atoms with Crippen LogP contribution in [-0.4, -0.2) is 11.1 Å². The van der Waals surface area contributed by atoms with Crippen molar-refractivity contribution in [1.82, 2.24) is 0 Å². The van der Waals surface area contributed by atoms with Gasteiger partial charge >= 0.3 is 5.97 Å². The summed E-state index contributed by atoms with van der Waals surface area (Å²) in [5.74, 6) is -0.847. The maximum atomic E-state index is 10.8. The molecule has 1 aliphatic carbocycles. The molecule has 1 fully saturated rings. The predicted molar refractivity (Wildman–Crippen MR) is 62.1 cm³/mol. The van der Waals surface area contributed by atoms with Crippen LogP contribution in [-0.2, 0) is 4.79 Å². The third-order valence-electron chi connectivity index (χ3n) is 3.40. The molecule has 1 aliphatic rings. The van der Waals surface area contributed by atoms with Crippen molar-refractivity contribution in [2.75, 3.05) is 0 Å². The van der Waals surface area contributed by atoms with Gasteiger partial charge in [0, 0.05) is 6.04 Å². The van der Waals surface area contributed by atoms with E-state index in [2.05, 4.69) is 6.07 Å². The summed E-state index contributed by atoms with van der Waals surface area (Å²) < 4.78 is 0. The highest BCUT2D eigenvalue weighted by Gasteiger charge is 2.47. The molecule has 0 saturated heterocycles. The molecule has 1 aromatic carbocycles. The second-order valence-corrected chi connectivity index (χ2v) is 4.73. The minimum Gasteiger partial charge on any atom is -0.481 e. The summed E-state index contributed by atoms with van der Waals surface area (Å²) >= 11 is 0. The summed E-state index contributed by atoms with van der Waals surface area (Å²) in [6, 6.07) is 6.00. The van der Waals surface area contributed by atoms with E-state index < -0.39 is 5.97 Å². The zero-order valence-corrected chi connectivity index (χ0v) is 9.60. The molecule has 0 amide bonds. The smallest absolute Gasteiger partial charge is 0.306 e. The van der Waals surface area contributed by atoms with Gasteiger partial charge in [-0.05, 0) is 37.3 Å². The SMILES string of the molecule is Cc1ccc(C(N)C2CC2C(=O)O)c(C)c1. The largest absolute Gasteiger partial charge is 0.481 e. The van der Waals surface area contributed by atoms with Gasteiger partial charge in [-0.1, -0.05) is 23.8 Å². The van der Waals surface area contributed by atoms with E-state index in [1.807, 2.05) is 26.0 Å². The van der Waals surface area contributed by atoms with Crippen molar-refractivity contribution >= 4 is 5.97 Å². The third kappa shape index (κ3) is 1.95. The highest BCUT2D eigenvalue weighted by molar-refractivity contribution is 5.73. The van der Waals surface area contributed by atoms with Gasteiger partial charge in [0.1, 0.15) is 0 Å². The fourth-order valence-corrected chi connectivity index (χ4v) is 2.33. The van der Waals surface area contributed by atoms with Gasteiger partial charge in [-0.25, -0.2) is 0 Å². The third-order valence-corrected chi connectivity index (χ3v) is 3.40. The van der Waals surface area contributed by atoms with E-state index in [0.717, 1.165) is 11.1 Å². The average molecular weight is 219 g/mol. The summed E-state index contributed by atoms with van der Waals surface area (Å²) in [4.78, 5) is 10.8. The molecule has 3 atom stereocenters. The van der Waals surface area contributed by atoms with Gasteiger partial charge in [0.25, 0.3) is 0 Å². The number of aliphatic carboxylic acids is 1. The Morgan fingerprint density at radius 3 is 2.69 bits per heavy atom. The fourth-order valence-electron chi connectivity index (χ4n) is 2.33. The van der Waals surface area contributed by atoms with E-state index in [9.17, 15) is 4.79 Å². The van der Waals surface area contributed by atoms with E-state index >= 15 is 0 Å². The molecule has 0 aromatic heterocycles. The Hall–Kier alpha value is -1.35. The van der Waals surface area contributed by atoms with Crippen LogP contribution in [0.4, 0.5) is 0 Å². The van der Waals surface area contributed by atoms with E-state index in [1.165, 1.54) is 5.56 Å². The number of aryl methyl sites for hydroxylation is 2. The molecule has 86 valence electrons. The second-order valence-electron chi connectivity index (χ2n) is 4.73. The van der Waals surface area contributed by atoms with E-state index in [4.69, 9.17) is 10.8 Å². The zero-order valence-electron chi connectivity index (χ0n) is 9.60. The monoisotopic (exact) mass is 219 g/mol. The highest BCUT2D eigenvalue weighted by Crippen LogP contribution is 2.46. The van der Waals surface area contributed by atoms with Crippen LogP contribution in [0, 0.1) is 25.7 Å². The van der Waals surface area contributed by atoms with Crippen molar-refractivity contribution < 1.29 is 9.90 Å². The molecule has 3 unspecified atom stereocenters. The van der Waals surface area contributed by atoms with Crippen molar-refractivity contribution in [1.29, 1.82) is 0 Å². The van der Waals surface area contributed by atoms with E-state index in [1.54, 1.807) is 0 Å². The predicted octanol–water partition coefficient (Wildman–Crippen LogP) is 2.02. The number of nitrogens with two attached hydrogens (primary N) is 1. The van der Waals surface area contributed by atoms with Gasteiger partial charge in [-0.3, -0.25) is 4.79 Å². The molecule has 1 saturated carbocycles. The quantitative estimate of drug-likeness (QED) is 0.817. The topological polar surface area (TPSA) is 63.3 Å². The summed E-state index contributed by atoms with van der Waals surface area (Å²) in [5, 5.41) is 8.88. The number of carboxylic acid groups (broad SMARTS) is 1. The fraction of sp³-hybridized carbons (Fsp3) is 0.462. The summed E-state index contributed by atoms with van der Waals surface area (Å²) in [7, 11) is 0. The first-order valence-corrected chi connectivity index (χ1v) is 5.56. The summed E-state index contributed by atoms with van der Waals surface area (Å²) in [6.45, 7) is 4.07. The molecule has 3 N–H and O–H groups in total. The molecule has 0 bridgehead atoms. The molecule has 0 radical (unpaired) electrons. The molecule has 16 heavy (non-hydrogen) atoms. The Kier molecular flexibility index (Phi) is 2.72. The lowest BCUT2D eigenvalue weighted by Crippen LogP contribution is -2.16. The van der Waals surface area contributed by atoms with Crippen LogP contribution in [0.2, 0.25) is 0 Å². The van der Waals surface area contributed by atoms with Crippen molar-refractivity contribution in [2.45, 2.75) is 26.3 Å². The number of carboxylic acids is 1. The normalized spacial score (nSPS) is 25.2. The molecule has 3 nitrogen and oxygen atoms in total. The van der Waals surface area contributed by atoms with Gasteiger partial charge < -0.3 is 10.8 Å². The number of rotatable bonds is 3. The molecule has 2 rings (SSSR count). The lowest BCUT2D eigenvalue weighted by Gasteiger charge is -2.14. The number of carbonyl (C=O) groups is 1. The van der Waals surface area contributed by atoms with E-state index in [0.29, 0.717) is 6.42 Å². The van der Waals surface area contributed by atoms with Crippen LogP contribution in [0.25, 0.3) is 0 Å². The molecular formula is C13H17NO2. The number of hydrogen-bond donors (Lipinski definition) is 2. The minimum absolute atomic E-state index is 0.110. The Balaban J connectivity index is 2.16. The highest BCUT2D eigenvalue weighted by atomic mass is 16.4. The van der Waals surface area contributed by atoms with Crippen LogP contribution >= 0.6 is 0 Å². The van der Waals surface area contributed by atoms with E-state index in [-0.39, 0.29) is 17.9 Å². The molecule has 0 spiro atoms.